The summed E-state index contributed by atoms with van der Waals surface area (Å²) in [5, 5.41) is 3.78. The van der Waals surface area contributed by atoms with Crippen molar-refractivity contribution in [2.45, 2.75) is 24.8 Å². The van der Waals surface area contributed by atoms with Crippen molar-refractivity contribution in [1.82, 2.24) is 5.32 Å². The molecule has 3 atom stereocenters. The molecule has 0 saturated carbocycles. The zero-order valence-corrected chi connectivity index (χ0v) is 10.2. The van der Waals surface area contributed by atoms with Crippen molar-refractivity contribution in [1.29, 1.82) is 0 Å². The third-order valence-electron chi connectivity index (χ3n) is 3.89. The van der Waals surface area contributed by atoms with E-state index in [0.717, 1.165) is 24.3 Å². The Hall–Kier alpha value is -1.28. The highest BCUT2D eigenvalue weighted by Gasteiger charge is 2.36. The van der Waals surface area contributed by atoms with E-state index in [1.54, 1.807) is 0 Å². The van der Waals surface area contributed by atoms with Crippen molar-refractivity contribution >= 4 is 18.0 Å². The summed E-state index contributed by atoms with van der Waals surface area (Å²) >= 11 is 6.04. The van der Waals surface area contributed by atoms with Gasteiger partial charge < -0.3 is 5.32 Å². The van der Waals surface area contributed by atoms with E-state index in [-0.39, 0.29) is 6.04 Å². The summed E-state index contributed by atoms with van der Waals surface area (Å²) in [4.78, 5) is 10.7. The van der Waals surface area contributed by atoms with Crippen molar-refractivity contribution in [2.75, 3.05) is 0 Å². The number of carbonyl (C=O) groups excluding carboxylic acids is 1. The Labute approximate surface area is 106 Å². The van der Waals surface area contributed by atoms with E-state index in [2.05, 4.69) is 29.6 Å². The largest absolute Gasteiger partial charge is 0.355 e. The van der Waals surface area contributed by atoms with Gasteiger partial charge in [-0.15, -0.1) is 0 Å². The second kappa shape index (κ2) is 4.19. The van der Waals surface area contributed by atoms with Gasteiger partial charge in [0.1, 0.15) is 0 Å². The molecule has 0 aliphatic heterocycles. The SMILES string of the molecule is O=CN[C@@H]1[C@@H]2CC=C[C@H]1Cc1cc(Cl)ccc12. The lowest BCUT2D eigenvalue weighted by atomic mass is 9.69. The number of halogens is 1. The molecule has 0 radical (unpaired) electrons. The van der Waals surface area contributed by atoms with Crippen molar-refractivity contribution in [3.05, 3.63) is 46.5 Å². The highest BCUT2D eigenvalue weighted by Crippen LogP contribution is 2.41. The van der Waals surface area contributed by atoms with Gasteiger partial charge in [-0.05, 0) is 36.1 Å². The molecule has 0 heterocycles. The van der Waals surface area contributed by atoms with Gasteiger partial charge in [-0.25, -0.2) is 0 Å². The van der Waals surface area contributed by atoms with Crippen LogP contribution in [0.15, 0.2) is 30.4 Å². The Kier molecular flexibility index (Phi) is 2.67. The van der Waals surface area contributed by atoms with Crippen LogP contribution in [0.2, 0.25) is 5.02 Å². The van der Waals surface area contributed by atoms with Gasteiger partial charge >= 0.3 is 0 Å². The Balaban J connectivity index is 2.04. The summed E-state index contributed by atoms with van der Waals surface area (Å²) in [7, 11) is 0. The van der Waals surface area contributed by atoms with E-state index in [1.807, 2.05) is 6.07 Å². The van der Waals surface area contributed by atoms with Crippen LogP contribution in [0.25, 0.3) is 0 Å². The minimum absolute atomic E-state index is 0.242. The molecule has 0 aromatic heterocycles. The highest BCUT2D eigenvalue weighted by atomic mass is 35.5. The first-order chi connectivity index (χ1) is 8.29. The van der Waals surface area contributed by atoms with Crippen LogP contribution in [0.3, 0.4) is 0 Å². The summed E-state index contributed by atoms with van der Waals surface area (Å²) in [6.07, 6.45) is 7.24. The number of hydrogen-bond acceptors (Lipinski definition) is 1. The Bertz CT molecular complexity index is 483. The molecule has 2 aliphatic carbocycles. The Morgan fingerprint density at radius 1 is 1.41 bits per heavy atom. The molecule has 1 N–H and O–H groups in total. The van der Waals surface area contributed by atoms with Crippen molar-refractivity contribution in [3.63, 3.8) is 0 Å². The molecule has 1 amide bonds. The van der Waals surface area contributed by atoms with Gasteiger partial charge in [-0.2, -0.15) is 0 Å². The summed E-state index contributed by atoms with van der Waals surface area (Å²) < 4.78 is 0. The zero-order valence-electron chi connectivity index (χ0n) is 9.40. The maximum atomic E-state index is 10.7. The van der Waals surface area contributed by atoms with Crippen LogP contribution < -0.4 is 5.32 Å². The summed E-state index contributed by atoms with van der Waals surface area (Å²) in [5.41, 5.74) is 2.68. The second-order valence-corrected chi connectivity index (χ2v) is 5.23. The average Bonchev–Trinajstić information content (AvgIpc) is 2.30. The Morgan fingerprint density at radius 3 is 3.12 bits per heavy atom. The predicted molar refractivity (Wildman–Crippen MR) is 68.1 cm³/mol. The number of fused-ring (bicyclic) bond motifs is 4. The van der Waals surface area contributed by atoms with Gasteiger partial charge in [0.25, 0.3) is 0 Å². The van der Waals surface area contributed by atoms with Crippen molar-refractivity contribution < 1.29 is 4.79 Å². The van der Waals surface area contributed by atoms with Crippen LogP contribution >= 0.6 is 11.6 Å². The van der Waals surface area contributed by atoms with Crippen LogP contribution in [0.4, 0.5) is 0 Å². The number of carbonyl (C=O) groups is 1. The van der Waals surface area contributed by atoms with E-state index >= 15 is 0 Å². The van der Waals surface area contributed by atoms with Crippen LogP contribution in [-0.4, -0.2) is 12.5 Å². The number of allylic oxidation sites excluding steroid dienone is 1. The predicted octanol–water partition coefficient (Wildman–Crippen LogP) is 2.67. The molecule has 2 bridgehead atoms. The van der Waals surface area contributed by atoms with Gasteiger partial charge in [-0.1, -0.05) is 29.8 Å². The van der Waals surface area contributed by atoms with Gasteiger partial charge in [0, 0.05) is 22.9 Å². The van der Waals surface area contributed by atoms with Gasteiger partial charge in [0.15, 0.2) is 0 Å². The number of benzene rings is 1. The van der Waals surface area contributed by atoms with E-state index in [0.29, 0.717) is 11.8 Å². The van der Waals surface area contributed by atoms with Crippen LogP contribution in [0.5, 0.6) is 0 Å². The summed E-state index contributed by atoms with van der Waals surface area (Å²) in [6.45, 7) is 0. The zero-order chi connectivity index (χ0) is 11.8. The quantitative estimate of drug-likeness (QED) is 0.632. The van der Waals surface area contributed by atoms with E-state index in [4.69, 9.17) is 11.6 Å². The molecule has 17 heavy (non-hydrogen) atoms. The highest BCUT2D eigenvalue weighted by molar-refractivity contribution is 6.30. The molecule has 2 nitrogen and oxygen atoms in total. The van der Waals surface area contributed by atoms with E-state index in [9.17, 15) is 4.79 Å². The molecule has 3 rings (SSSR count). The Morgan fingerprint density at radius 2 is 2.29 bits per heavy atom. The first kappa shape index (κ1) is 10.8. The molecule has 0 saturated heterocycles. The third-order valence-corrected chi connectivity index (χ3v) is 4.12. The molecular weight excluding hydrogens is 234 g/mol. The van der Waals surface area contributed by atoms with Gasteiger partial charge in [-0.3, -0.25) is 4.79 Å². The topological polar surface area (TPSA) is 29.1 Å². The standard InChI is InChI=1S/C14H14ClNO/c15-11-4-5-12-10(7-11)6-9-2-1-3-13(12)14(9)16-8-17/h1-2,4-5,7-9,13-14H,3,6H2,(H,16,17)/t9-,13+,14-/m0/s1. The van der Waals surface area contributed by atoms with E-state index < -0.39 is 0 Å². The smallest absolute Gasteiger partial charge is 0.207 e. The maximum Gasteiger partial charge on any atom is 0.207 e. The van der Waals surface area contributed by atoms with Gasteiger partial charge in [0.2, 0.25) is 6.41 Å². The molecule has 2 aliphatic rings. The minimum atomic E-state index is 0.242. The number of rotatable bonds is 2. The second-order valence-electron chi connectivity index (χ2n) is 4.79. The lowest BCUT2D eigenvalue weighted by Crippen LogP contribution is -2.45. The number of amides is 1. The number of hydrogen-bond donors (Lipinski definition) is 1. The average molecular weight is 248 g/mol. The fourth-order valence-corrected chi connectivity index (χ4v) is 3.36. The van der Waals surface area contributed by atoms with Crippen molar-refractivity contribution in [3.8, 4) is 0 Å². The van der Waals surface area contributed by atoms with Gasteiger partial charge in [0.05, 0.1) is 0 Å². The fourth-order valence-electron chi connectivity index (χ4n) is 3.17. The lowest BCUT2D eigenvalue weighted by molar-refractivity contribution is -0.110. The molecule has 0 unspecified atom stereocenters. The molecule has 1 aromatic rings. The monoisotopic (exact) mass is 247 g/mol. The summed E-state index contributed by atoms with van der Waals surface area (Å²) in [6, 6.07) is 6.35. The normalized spacial score (nSPS) is 29.6. The first-order valence-corrected chi connectivity index (χ1v) is 6.32. The third kappa shape index (κ3) is 1.77. The summed E-state index contributed by atoms with van der Waals surface area (Å²) in [5.74, 6) is 0.807. The number of nitrogens with one attached hydrogen (secondary N) is 1. The maximum absolute atomic E-state index is 10.7. The van der Waals surface area contributed by atoms with Crippen LogP contribution in [-0.2, 0) is 11.2 Å². The molecule has 3 heteroatoms. The molecule has 1 aromatic carbocycles. The minimum Gasteiger partial charge on any atom is -0.355 e. The lowest BCUT2D eigenvalue weighted by Gasteiger charge is -2.40. The fraction of sp³-hybridized carbons (Fsp3) is 0.357. The molecular formula is C14H14ClNO. The molecule has 88 valence electrons. The van der Waals surface area contributed by atoms with Crippen molar-refractivity contribution in [2.24, 2.45) is 5.92 Å². The first-order valence-electron chi connectivity index (χ1n) is 5.94. The van der Waals surface area contributed by atoms with Crippen LogP contribution in [0.1, 0.15) is 23.5 Å². The molecule has 0 fully saturated rings. The molecule has 0 spiro atoms. The van der Waals surface area contributed by atoms with E-state index in [1.165, 1.54) is 11.1 Å². The van der Waals surface area contributed by atoms with Crippen LogP contribution in [0, 0.1) is 5.92 Å².